The van der Waals surface area contributed by atoms with Gasteiger partial charge in [0.2, 0.25) is 0 Å². The van der Waals surface area contributed by atoms with Crippen molar-refractivity contribution in [2.75, 3.05) is 26.2 Å². The number of carbonyl (C=O) groups excluding carboxylic acids is 1. The van der Waals surface area contributed by atoms with E-state index in [0.29, 0.717) is 30.1 Å². The van der Waals surface area contributed by atoms with Gasteiger partial charge >= 0.3 is 0 Å². The third kappa shape index (κ3) is 3.96. The zero-order valence-corrected chi connectivity index (χ0v) is 16.6. The molecule has 1 saturated heterocycles. The lowest BCUT2D eigenvalue weighted by atomic mass is 10.0. The Bertz CT molecular complexity index is 963. The first-order valence-corrected chi connectivity index (χ1v) is 9.88. The monoisotopic (exact) mass is 396 g/mol. The Hall–Kier alpha value is -2.63. The summed E-state index contributed by atoms with van der Waals surface area (Å²) < 4.78 is 5.36. The number of rotatable bonds is 4. The van der Waals surface area contributed by atoms with E-state index in [2.05, 4.69) is 11.2 Å². The zero-order valence-electron chi connectivity index (χ0n) is 15.8. The summed E-state index contributed by atoms with van der Waals surface area (Å²) in [7, 11) is 0. The van der Waals surface area contributed by atoms with Gasteiger partial charge in [-0.2, -0.15) is 0 Å². The number of carbonyl (C=O) groups is 1. The number of quaternary nitrogens is 1. The Labute approximate surface area is 169 Å². The van der Waals surface area contributed by atoms with Gasteiger partial charge in [-0.25, -0.2) is 0 Å². The van der Waals surface area contributed by atoms with Gasteiger partial charge in [-0.3, -0.25) is 4.79 Å². The van der Waals surface area contributed by atoms with Crippen LogP contribution in [0.15, 0.2) is 59.1 Å². The third-order valence-electron chi connectivity index (χ3n) is 5.22. The molecule has 0 atom stereocenters. The highest BCUT2D eigenvalue weighted by atomic mass is 35.5. The number of amides is 1. The summed E-state index contributed by atoms with van der Waals surface area (Å²) in [5.41, 5.74) is 3.32. The molecular weight excluding hydrogens is 374 g/mol. The van der Waals surface area contributed by atoms with Crippen LogP contribution < -0.4 is 4.90 Å². The second kappa shape index (κ2) is 8.17. The van der Waals surface area contributed by atoms with Crippen molar-refractivity contribution < 1.29 is 14.2 Å². The van der Waals surface area contributed by atoms with Crippen LogP contribution in [0.25, 0.3) is 11.3 Å². The molecule has 144 valence electrons. The van der Waals surface area contributed by atoms with Crippen molar-refractivity contribution in [3.05, 3.63) is 76.5 Å². The first-order chi connectivity index (χ1) is 13.6. The van der Waals surface area contributed by atoms with Crippen molar-refractivity contribution in [2.24, 2.45) is 0 Å². The van der Waals surface area contributed by atoms with Gasteiger partial charge in [-0.05, 0) is 19.1 Å². The molecule has 1 fully saturated rings. The third-order valence-corrected chi connectivity index (χ3v) is 5.46. The minimum Gasteiger partial charge on any atom is -0.360 e. The van der Waals surface area contributed by atoms with Crippen LogP contribution in [-0.2, 0) is 6.54 Å². The van der Waals surface area contributed by atoms with E-state index in [1.54, 1.807) is 6.92 Å². The molecule has 1 aliphatic rings. The van der Waals surface area contributed by atoms with Crippen molar-refractivity contribution in [3.63, 3.8) is 0 Å². The molecule has 28 heavy (non-hydrogen) atoms. The summed E-state index contributed by atoms with van der Waals surface area (Å²) in [6.45, 7) is 5.96. The molecule has 1 aromatic heterocycles. The number of nitrogens with one attached hydrogen (secondary N) is 1. The molecule has 0 bridgehead atoms. The van der Waals surface area contributed by atoms with Gasteiger partial charge in [-0.1, -0.05) is 59.2 Å². The van der Waals surface area contributed by atoms with E-state index in [9.17, 15) is 4.79 Å². The zero-order chi connectivity index (χ0) is 19.5. The first-order valence-electron chi connectivity index (χ1n) is 9.51. The molecule has 4 rings (SSSR count). The van der Waals surface area contributed by atoms with E-state index >= 15 is 0 Å². The van der Waals surface area contributed by atoms with Gasteiger partial charge in [0.15, 0.2) is 0 Å². The summed E-state index contributed by atoms with van der Waals surface area (Å²) >= 11 is 6.09. The number of hydrogen-bond acceptors (Lipinski definition) is 3. The van der Waals surface area contributed by atoms with Gasteiger partial charge in [-0.15, -0.1) is 0 Å². The molecule has 1 amide bonds. The fourth-order valence-corrected chi connectivity index (χ4v) is 3.93. The molecule has 0 radical (unpaired) electrons. The molecule has 2 heterocycles. The van der Waals surface area contributed by atoms with Crippen LogP contribution in [0.5, 0.6) is 0 Å². The summed E-state index contributed by atoms with van der Waals surface area (Å²) in [6, 6.07) is 17.7. The van der Waals surface area contributed by atoms with Gasteiger partial charge in [0.1, 0.15) is 23.6 Å². The molecule has 5 nitrogen and oxygen atoms in total. The van der Waals surface area contributed by atoms with Gasteiger partial charge in [0.25, 0.3) is 5.91 Å². The van der Waals surface area contributed by atoms with Gasteiger partial charge < -0.3 is 14.3 Å². The van der Waals surface area contributed by atoms with Crippen molar-refractivity contribution in [1.82, 2.24) is 10.1 Å². The predicted molar refractivity (Wildman–Crippen MR) is 108 cm³/mol. The van der Waals surface area contributed by atoms with E-state index in [1.165, 1.54) is 10.5 Å². The molecule has 0 aliphatic carbocycles. The Morgan fingerprint density at radius 2 is 1.89 bits per heavy atom. The molecule has 1 N–H and O–H groups in total. The van der Waals surface area contributed by atoms with Crippen LogP contribution in [0.3, 0.4) is 0 Å². The minimum atomic E-state index is -0.000548. The van der Waals surface area contributed by atoms with Crippen LogP contribution in [-0.4, -0.2) is 42.1 Å². The summed E-state index contributed by atoms with van der Waals surface area (Å²) in [5.74, 6) is 0.567. The number of nitrogens with zero attached hydrogens (tertiary/aromatic N) is 2. The Morgan fingerprint density at radius 3 is 2.61 bits per heavy atom. The summed E-state index contributed by atoms with van der Waals surface area (Å²) in [5, 5.41) is 4.91. The van der Waals surface area contributed by atoms with Crippen LogP contribution >= 0.6 is 11.6 Å². The first kappa shape index (κ1) is 18.7. The van der Waals surface area contributed by atoms with E-state index in [4.69, 9.17) is 16.1 Å². The highest BCUT2D eigenvalue weighted by Crippen LogP contribution is 2.26. The van der Waals surface area contributed by atoms with E-state index in [-0.39, 0.29) is 5.91 Å². The van der Waals surface area contributed by atoms with Crippen LogP contribution in [0, 0.1) is 6.92 Å². The SMILES string of the molecule is Cc1onc(-c2ccccc2)c1C(=O)N1CC[NH+](Cc2cccc(Cl)c2)CC1. The topological polar surface area (TPSA) is 50.8 Å². The van der Waals surface area contributed by atoms with Gasteiger partial charge in [0.05, 0.1) is 26.2 Å². The smallest absolute Gasteiger partial charge is 0.260 e. The summed E-state index contributed by atoms with van der Waals surface area (Å²) in [4.78, 5) is 16.6. The molecular formula is C22H23ClN3O2+. The van der Waals surface area contributed by atoms with Crippen molar-refractivity contribution in [2.45, 2.75) is 13.5 Å². The van der Waals surface area contributed by atoms with E-state index in [1.807, 2.05) is 53.4 Å². The van der Waals surface area contributed by atoms with Crippen LogP contribution in [0.2, 0.25) is 5.02 Å². The maximum absolute atomic E-state index is 13.2. The average Bonchev–Trinajstić information content (AvgIpc) is 3.10. The largest absolute Gasteiger partial charge is 0.360 e. The predicted octanol–water partition coefficient (Wildman–Crippen LogP) is 2.84. The number of hydrogen-bond donors (Lipinski definition) is 1. The number of halogens is 1. The quantitative estimate of drug-likeness (QED) is 0.737. The Balaban J connectivity index is 1.44. The lowest BCUT2D eigenvalue weighted by Crippen LogP contribution is -3.13. The summed E-state index contributed by atoms with van der Waals surface area (Å²) in [6.07, 6.45) is 0. The maximum Gasteiger partial charge on any atom is 0.260 e. The molecule has 2 aromatic carbocycles. The van der Waals surface area contributed by atoms with Crippen molar-refractivity contribution in [3.8, 4) is 11.3 Å². The Kier molecular flexibility index (Phi) is 5.46. The number of aromatic nitrogens is 1. The molecule has 0 unspecified atom stereocenters. The number of aryl methyl sites for hydroxylation is 1. The lowest BCUT2D eigenvalue weighted by Gasteiger charge is -2.32. The maximum atomic E-state index is 13.2. The Morgan fingerprint density at radius 1 is 1.14 bits per heavy atom. The van der Waals surface area contributed by atoms with E-state index < -0.39 is 0 Å². The lowest BCUT2D eigenvalue weighted by molar-refractivity contribution is -0.917. The van der Waals surface area contributed by atoms with Crippen molar-refractivity contribution in [1.29, 1.82) is 0 Å². The molecule has 0 saturated carbocycles. The average molecular weight is 397 g/mol. The second-order valence-electron chi connectivity index (χ2n) is 7.18. The number of piperazine rings is 1. The molecule has 1 aliphatic heterocycles. The van der Waals surface area contributed by atoms with Crippen LogP contribution in [0.4, 0.5) is 0 Å². The fraction of sp³-hybridized carbons (Fsp3) is 0.273. The van der Waals surface area contributed by atoms with Crippen molar-refractivity contribution >= 4 is 17.5 Å². The minimum absolute atomic E-state index is 0.000548. The second-order valence-corrected chi connectivity index (χ2v) is 7.61. The van der Waals surface area contributed by atoms with E-state index in [0.717, 1.165) is 30.2 Å². The highest BCUT2D eigenvalue weighted by Gasteiger charge is 2.29. The standard InChI is InChI=1S/C22H22ClN3O2/c1-16-20(21(24-28-16)18-7-3-2-4-8-18)22(27)26-12-10-25(11-13-26)15-17-6-5-9-19(23)14-17/h2-9,14H,10-13,15H2,1H3/p+1. The van der Waals surface area contributed by atoms with Gasteiger partial charge in [0, 0.05) is 16.1 Å². The molecule has 0 spiro atoms. The highest BCUT2D eigenvalue weighted by molar-refractivity contribution is 6.30. The van der Waals surface area contributed by atoms with Crippen LogP contribution in [0.1, 0.15) is 21.7 Å². The number of benzene rings is 2. The normalized spacial score (nSPS) is 15.0. The molecule has 6 heteroatoms. The molecule has 3 aromatic rings. The fourth-order valence-electron chi connectivity index (χ4n) is 3.71.